The van der Waals surface area contributed by atoms with E-state index in [0.29, 0.717) is 17.5 Å². The summed E-state index contributed by atoms with van der Waals surface area (Å²) in [6.45, 7) is 0. The van der Waals surface area contributed by atoms with Crippen molar-refractivity contribution in [2.45, 2.75) is 0 Å². The summed E-state index contributed by atoms with van der Waals surface area (Å²) in [5, 5.41) is 3.48. The molecule has 0 fully saturated rings. The van der Waals surface area contributed by atoms with Crippen LogP contribution >= 0.6 is 0 Å². The Balaban J connectivity index is 1.13. The summed E-state index contributed by atoms with van der Waals surface area (Å²) in [7, 11) is 0. The van der Waals surface area contributed by atoms with Crippen LogP contribution in [0.5, 0.6) is 0 Å². The summed E-state index contributed by atoms with van der Waals surface area (Å²) in [6, 6.07) is 62.7. The van der Waals surface area contributed by atoms with E-state index < -0.39 is 0 Å². The second-order valence-corrected chi connectivity index (χ2v) is 12.9. The van der Waals surface area contributed by atoms with Gasteiger partial charge in [0.15, 0.2) is 17.5 Å². The number of para-hydroxylation sites is 4. The number of rotatable bonds is 6. The predicted molar refractivity (Wildman–Crippen MR) is 211 cm³/mol. The molecular weight excluding hydrogens is 637 g/mol. The van der Waals surface area contributed by atoms with Crippen molar-refractivity contribution in [3.8, 4) is 62.3 Å². The van der Waals surface area contributed by atoms with Gasteiger partial charge in [0.1, 0.15) is 11.3 Å². The highest BCUT2D eigenvalue weighted by molar-refractivity contribution is 6.09. The molecule has 52 heavy (non-hydrogen) atoms. The maximum Gasteiger partial charge on any atom is 0.166 e. The zero-order valence-corrected chi connectivity index (χ0v) is 28.0. The molecule has 0 aliphatic heterocycles. The molecule has 0 aliphatic rings. The Bertz CT molecular complexity index is 2800. The molecule has 0 bridgehead atoms. The lowest BCUT2D eigenvalue weighted by Gasteiger charge is -2.14. The van der Waals surface area contributed by atoms with E-state index in [2.05, 4.69) is 156 Å². The average molecular weight is 667 g/mol. The smallest absolute Gasteiger partial charge is 0.166 e. The molecule has 10 rings (SSSR count). The Kier molecular flexibility index (Phi) is 7.07. The van der Waals surface area contributed by atoms with E-state index in [1.165, 1.54) is 10.8 Å². The second kappa shape index (κ2) is 12.3. The first-order valence-electron chi connectivity index (χ1n) is 17.4. The van der Waals surface area contributed by atoms with Crippen molar-refractivity contribution in [3.63, 3.8) is 0 Å². The molecule has 0 saturated carbocycles. The summed E-state index contributed by atoms with van der Waals surface area (Å²) in [4.78, 5) is 15.4. The summed E-state index contributed by atoms with van der Waals surface area (Å²) in [6.07, 6.45) is 0. The molecule has 5 heteroatoms. The predicted octanol–water partition coefficient (Wildman–Crippen LogP) is 12.0. The molecule has 3 heterocycles. The molecule has 0 saturated heterocycles. The molecule has 0 radical (unpaired) electrons. The van der Waals surface area contributed by atoms with E-state index in [1.807, 2.05) is 30.3 Å². The van der Waals surface area contributed by atoms with Gasteiger partial charge in [-0.15, -0.1) is 0 Å². The lowest BCUT2D eigenvalue weighted by Crippen LogP contribution is -2.03. The van der Waals surface area contributed by atoms with Crippen LogP contribution in [-0.2, 0) is 0 Å². The quantitative estimate of drug-likeness (QED) is 0.177. The van der Waals surface area contributed by atoms with Gasteiger partial charge in [0.2, 0.25) is 0 Å². The Morgan fingerprint density at radius 3 is 1.56 bits per heavy atom. The van der Waals surface area contributed by atoms with E-state index >= 15 is 0 Å². The van der Waals surface area contributed by atoms with Crippen molar-refractivity contribution in [1.82, 2.24) is 19.5 Å². The van der Waals surface area contributed by atoms with Crippen molar-refractivity contribution in [2.75, 3.05) is 0 Å². The minimum Gasteiger partial charge on any atom is -0.456 e. The highest BCUT2D eigenvalue weighted by atomic mass is 16.3. The Labute approximate surface area is 300 Å². The van der Waals surface area contributed by atoms with Crippen LogP contribution in [0.25, 0.3) is 95.1 Å². The van der Waals surface area contributed by atoms with Crippen LogP contribution < -0.4 is 0 Å². The normalized spacial score (nSPS) is 11.5. The molecule has 0 unspecified atom stereocenters. The van der Waals surface area contributed by atoms with Gasteiger partial charge >= 0.3 is 0 Å². The van der Waals surface area contributed by atoms with Gasteiger partial charge in [-0.3, -0.25) is 0 Å². The van der Waals surface area contributed by atoms with Crippen LogP contribution in [0.2, 0.25) is 0 Å². The summed E-state index contributed by atoms with van der Waals surface area (Å²) in [5.41, 5.74) is 10.1. The highest BCUT2D eigenvalue weighted by Gasteiger charge is 2.19. The number of fused-ring (bicyclic) bond motifs is 4. The van der Waals surface area contributed by atoms with Crippen LogP contribution in [0, 0.1) is 0 Å². The van der Waals surface area contributed by atoms with Gasteiger partial charge < -0.3 is 8.98 Å². The highest BCUT2D eigenvalue weighted by Crippen LogP contribution is 2.37. The van der Waals surface area contributed by atoms with Gasteiger partial charge in [0.05, 0.1) is 16.7 Å². The number of hydrogen-bond acceptors (Lipinski definition) is 4. The van der Waals surface area contributed by atoms with Crippen LogP contribution in [0.15, 0.2) is 186 Å². The fourth-order valence-electron chi connectivity index (χ4n) is 7.14. The lowest BCUT2D eigenvalue weighted by atomic mass is 10.0. The van der Waals surface area contributed by atoms with Gasteiger partial charge in [-0.2, -0.15) is 0 Å². The monoisotopic (exact) mass is 666 g/mol. The fourth-order valence-corrected chi connectivity index (χ4v) is 7.14. The van der Waals surface area contributed by atoms with E-state index in [4.69, 9.17) is 19.4 Å². The van der Waals surface area contributed by atoms with Gasteiger partial charge in [0, 0.05) is 38.4 Å². The first-order valence-corrected chi connectivity index (χ1v) is 17.4. The Hall–Kier alpha value is -7.11. The molecule has 5 nitrogen and oxygen atoms in total. The van der Waals surface area contributed by atoms with Gasteiger partial charge in [0.25, 0.3) is 0 Å². The average Bonchev–Trinajstić information content (AvgIpc) is 3.81. The third-order valence-electron chi connectivity index (χ3n) is 9.70. The van der Waals surface area contributed by atoms with E-state index in [9.17, 15) is 0 Å². The number of nitrogens with zero attached hydrogens (tertiary/aromatic N) is 4. The van der Waals surface area contributed by atoms with Crippen molar-refractivity contribution in [1.29, 1.82) is 0 Å². The molecule has 0 amide bonds. The van der Waals surface area contributed by atoms with Crippen molar-refractivity contribution in [3.05, 3.63) is 182 Å². The Morgan fingerprint density at radius 2 is 0.885 bits per heavy atom. The van der Waals surface area contributed by atoms with Crippen LogP contribution in [-0.4, -0.2) is 19.5 Å². The number of furan rings is 1. The molecular formula is C47H30N4O. The minimum atomic E-state index is 0.598. The number of aromatic nitrogens is 4. The third-order valence-corrected chi connectivity index (χ3v) is 9.70. The lowest BCUT2D eigenvalue weighted by molar-refractivity contribution is 0.631. The molecule has 0 atom stereocenters. The summed E-state index contributed by atoms with van der Waals surface area (Å²) < 4.78 is 8.48. The van der Waals surface area contributed by atoms with E-state index in [-0.39, 0.29) is 0 Å². The number of benzene rings is 7. The molecule has 3 aromatic heterocycles. The van der Waals surface area contributed by atoms with E-state index in [1.54, 1.807) is 0 Å². The standard InChI is InChI=1S/C47H30N4O/c1-2-12-31(13-3-1)32-22-26-34(27-23-32)45-48-46(35-28-24-33(25-29-35)44-30-36-14-4-11-21-43(36)52-44)50-47(49-45)39-17-7-10-20-42(39)51-40-18-8-5-15-37(40)38-16-6-9-19-41(38)51/h1-30H. The maximum atomic E-state index is 6.16. The molecule has 244 valence electrons. The molecule has 0 N–H and O–H groups in total. The van der Waals surface area contributed by atoms with Gasteiger partial charge in [-0.1, -0.05) is 146 Å². The van der Waals surface area contributed by atoms with Gasteiger partial charge in [-0.25, -0.2) is 15.0 Å². The van der Waals surface area contributed by atoms with Crippen molar-refractivity contribution in [2.24, 2.45) is 0 Å². The first kappa shape index (κ1) is 29.8. The molecule has 0 aliphatic carbocycles. The fraction of sp³-hybridized carbons (Fsp3) is 0. The molecule has 10 aromatic rings. The Morgan fingerprint density at radius 1 is 0.385 bits per heavy atom. The molecule has 7 aromatic carbocycles. The SMILES string of the molecule is c1ccc(-c2ccc(-c3nc(-c4ccc(-c5cc6ccccc6o5)cc4)nc(-c4ccccc4-n4c5ccccc5c5ccccc54)n3)cc2)cc1. The third kappa shape index (κ3) is 5.15. The summed E-state index contributed by atoms with van der Waals surface area (Å²) >= 11 is 0. The largest absolute Gasteiger partial charge is 0.456 e. The molecule has 0 spiro atoms. The maximum absolute atomic E-state index is 6.16. The van der Waals surface area contributed by atoms with Crippen LogP contribution in [0.1, 0.15) is 0 Å². The van der Waals surface area contributed by atoms with Gasteiger partial charge in [-0.05, 0) is 47.5 Å². The minimum absolute atomic E-state index is 0.598. The van der Waals surface area contributed by atoms with Crippen molar-refractivity contribution < 1.29 is 4.42 Å². The zero-order chi connectivity index (χ0) is 34.4. The first-order chi connectivity index (χ1) is 25.8. The van der Waals surface area contributed by atoms with Crippen molar-refractivity contribution >= 4 is 32.8 Å². The second-order valence-electron chi connectivity index (χ2n) is 12.9. The van der Waals surface area contributed by atoms with E-state index in [0.717, 1.165) is 66.8 Å². The number of hydrogen-bond donors (Lipinski definition) is 0. The van der Waals surface area contributed by atoms with Crippen LogP contribution in [0.3, 0.4) is 0 Å². The van der Waals surface area contributed by atoms with Crippen LogP contribution in [0.4, 0.5) is 0 Å². The topological polar surface area (TPSA) is 56.7 Å². The zero-order valence-electron chi connectivity index (χ0n) is 28.0. The summed E-state index contributed by atoms with van der Waals surface area (Å²) in [5.74, 6) is 2.63.